The fraction of sp³-hybridized carbons (Fsp3) is 0.133. The zero-order chi connectivity index (χ0) is 14.7. The molecule has 0 heterocycles. The Bertz CT molecular complexity index is 658. The van der Waals surface area contributed by atoms with Crippen LogP contribution in [0.4, 0.5) is 5.69 Å². The zero-order valence-electron chi connectivity index (χ0n) is 10.7. The van der Waals surface area contributed by atoms with Gasteiger partial charge >= 0.3 is 0 Å². The normalized spacial score (nSPS) is 10.4. The van der Waals surface area contributed by atoms with E-state index in [1.165, 1.54) is 5.56 Å². The lowest BCUT2D eigenvalue weighted by atomic mass is 10.1. The van der Waals surface area contributed by atoms with E-state index in [0.717, 1.165) is 16.6 Å². The maximum Gasteiger partial charge on any atom is 0.255 e. The summed E-state index contributed by atoms with van der Waals surface area (Å²) in [5.74, 6) is -0.228. The molecule has 2 nitrogen and oxygen atoms in total. The van der Waals surface area contributed by atoms with Gasteiger partial charge in [-0.3, -0.25) is 4.79 Å². The molecule has 0 aliphatic rings. The molecule has 0 spiro atoms. The Balaban J connectivity index is 2.21. The van der Waals surface area contributed by atoms with Gasteiger partial charge < -0.3 is 5.32 Å². The first-order valence-corrected chi connectivity index (χ1v) is 7.61. The summed E-state index contributed by atoms with van der Waals surface area (Å²) < 4.78 is 0.852. The second-order valence-corrected chi connectivity index (χ2v) is 5.92. The number of aryl methyl sites for hydroxylation is 1. The molecule has 5 heteroatoms. The zero-order valence-corrected chi connectivity index (χ0v) is 13.8. The van der Waals surface area contributed by atoms with Crippen molar-refractivity contribution in [2.45, 2.75) is 13.3 Å². The van der Waals surface area contributed by atoms with Crippen LogP contribution >= 0.6 is 39.1 Å². The Kier molecular flexibility index (Phi) is 5.08. The van der Waals surface area contributed by atoms with Crippen LogP contribution in [-0.2, 0) is 6.42 Å². The summed E-state index contributed by atoms with van der Waals surface area (Å²) in [4.78, 5) is 12.2. The summed E-state index contributed by atoms with van der Waals surface area (Å²) in [6.45, 7) is 2.08. The molecule has 0 atom stereocenters. The number of carbonyl (C=O) groups is 1. The van der Waals surface area contributed by atoms with Crippen molar-refractivity contribution in [2.24, 2.45) is 0 Å². The van der Waals surface area contributed by atoms with E-state index in [9.17, 15) is 4.79 Å². The molecule has 1 amide bonds. The molecular weight excluding hydrogens is 361 g/mol. The van der Waals surface area contributed by atoms with Gasteiger partial charge in [-0.05, 0) is 58.2 Å². The van der Waals surface area contributed by atoms with Gasteiger partial charge in [-0.15, -0.1) is 0 Å². The van der Waals surface area contributed by atoms with Crippen molar-refractivity contribution in [2.75, 3.05) is 5.32 Å². The van der Waals surface area contributed by atoms with E-state index in [-0.39, 0.29) is 5.91 Å². The number of halogens is 3. The molecule has 20 heavy (non-hydrogen) atoms. The molecule has 0 aliphatic carbocycles. The van der Waals surface area contributed by atoms with Crippen LogP contribution in [0.5, 0.6) is 0 Å². The maximum atomic E-state index is 12.2. The van der Waals surface area contributed by atoms with Crippen molar-refractivity contribution in [1.82, 2.24) is 0 Å². The van der Waals surface area contributed by atoms with Crippen LogP contribution in [0.15, 0.2) is 40.9 Å². The van der Waals surface area contributed by atoms with Gasteiger partial charge in [0.1, 0.15) is 0 Å². The van der Waals surface area contributed by atoms with Crippen LogP contribution in [0.3, 0.4) is 0 Å². The number of rotatable bonds is 3. The number of amides is 1. The van der Waals surface area contributed by atoms with Crippen LogP contribution < -0.4 is 5.32 Å². The van der Waals surface area contributed by atoms with Gasteiger partial charge in [0.05, 0.1) is 15.7 Å². The first kappa shape index (κ1) is 15.4. The highest BCUT2D eigenvalue weighted by Crippen LogP contribution is 2.26. The average molecular weight is 373 g/mol. The molecule has 0 radical (unpaired) electrons. The molecule has 0 saturated heterocycles. The van der Waals surface area contributed by atoms with Crippen molar-refractivity contribution in [3.05, 3.63) is 62.0 Å². The summed E-state index contributed by atoms with van der Waals surface area (Å²) in [5, 5.41) is 3.63. The number of hydrogen-bond donors (Lipinski definition) is 1. The highest BCUT2D eigenvalue weighted by atomic mass is 79.9. The predicted molar refractivity (Wildman–Crippen MR) is 87.9 cm³/mol. The minimum atomic E-state index is -0.228. The largest absolute Gasteiger partial charge is 0.321 e. The Morgan fingerprint density at radius 1 is 1.15 bits per heavy atom. The summed E-state index contributed by atoms with van der Waals surface area (Å²) in [6.07, 6.45) is 0.944. The van der Waals surface area contributed by atoms with Gasteiger partial charge in [-0.2, -0.15) is 0 Å². The lowest BCUT2D eigenvalue weighted by Crippen LogP contribution is -2.12. The summed E-state index contributed by atoms with van der Waals surface area (Å²) >= 11 is 15.2. The molecule has 104 valence electrons. The molecule has 0 unspecified atom stereocenters. The van der Waals surface area contributed by atoms with Gasteiger partial charge in [0.2, 0.25) is 0 Å². The topological polar surface area (TPSA) is 29.1 Å². The molecule has 2 aromatic rings. The molecule has 0 fully saturated rings. The van der Waals surface area contributed by atoms with E-state index >= 15 is 0 Å². The Morgan fingerprint density at radius 3 is 2.50 bits per heavy atom. The average Bonchev–Trinajstić information content (AvgIpc) is 2.43. The highest BCUT2D eigenvalue weighted by molar-refractivity contribution is 9.10. The van der Waals surface area contributed by atoms with Gasteiger partial charge in [0, 0.05) is 10.0 Å². The fourth-order valence-electron chi connectivity index (χ4n) is 1.71. The second-order valence-electron chi connectivity index (χ2n) is 4.25. The van der Waals surface area contributed by atoms with Gasteiger partial charge in [-0.1, -0.05) is 36.2 Å². The first-order valence-electron chi connectivity index (χ1n) is 6.06. The van der Waals surface area contributed by atoms with E-state index in [1.807, 2.05) is 18.2 Å². The Morgan fingerprint density at radius 2 is 1.90 bits per heavy atom. The molecule has 0 bridgehead atoms. The summed E-state index contributed by atoms with van der Waals surface area (Å²) in [6, 6.07) is 10.6. The van der Waals surface area contributed by atoms with E-state index < -0.39 is 0 Å². The van der Waals surface area contributed by atoms with Crippen LogP contribution in [0.2, 0.25) is 10.0 Å². The SMILES string of the molecule is CCc1ccc(NC(=O)c2ccc(Cl)c(Cl)c2)c(Br)c1. The van der Waals surface area contributed by atoms with E-state index in [1.54, 1.807) is 18.2 Å². The van der Waals surface area contributed by atoms with E-state index in [2.05, 4.69) is 28.2 Å². The van der Waals surface area contributed by atoms with Crippen LogP contribution in [0.25, 0.3) is 0 Å². The molecule has 1 N–H and O–H groups in total. The monoisotopic (exact) mass is 371 g/mol. The smallest absolute Gasteiger partial charge is 0.255 e. The minimum absolute atomic E-state index is 0.228. The van der Waals surface area contributed by atoms with Crippen LogP contribution in [-0.4, -0.2) is 5.91 Å². The summed E-state index contributed by atoms with van der Waals surface area (Å²) in [7, 11) is 0. The third kappa shape index (κ3) is 3.54. The number of anilines is 1. The number of nitrogens with one attached hydrogen (secondary N) is 1. The van der Waals surface area contributed by atoms with Crippen molar-refractivity contribution in [1.29, 1.82) is 0 Å². The molecule has 2 rings (SSSR count). The summed E-state index contributed by atoms with van der Waals surface area (Å²) in [5.41, 5.74) is 2.38. The lowest BCUT2D eigenvalue weighted by Gasteiger charge is -2.09. The Labute approximate surface area is 136 Å². The standard InChI is InChI=1S/C15H12BrCl2NO/c1-2-9-3-6-14(11(16)7-9)19-15(20)10-4-5-12(17)13(18)8-10/h3-8H,2H2,1H3,(H,19,20). The lowest BCUT2D eigenvalue weighted by molar-refractivity contribution is 0.102. The quantitative estimate of drug-likeness (QED) is 0.749. The predicted octanol–water partition coefficient (Wildman–Crippen LogP) is 5.57. The fourth-order valence-corrected chi connectivity index (χ4v) is 2.54. The first-order chi connectivity index (χ1) is 9.51. The maximum absolute atomic E-state index is 12.2. The minimum Gasteiger partial charge on any atom is -0.321 e. The number of benzene rings is 2. The number of carbonyl (C=O) groups excluding carboxylic acids is 1. The molecule has 0 aromatic heterocycles. The second kappa shape index (κ2) is 6.61. The van der Waals surface area contributed by atoms with Gasteiger partial charge in [0.25, 0.3) is 5.91 Å². The van der Waals surface area contributed by atoms with E-state index in [4.69, 9.17) is 23.2 Å². The van der Waals surface area contributed by atoms with Crippen LogP contribution in [0, 0.1) is 0 Å². The third-order valence-corrected chi connectivity index (χ3v) is 4.27. The molecular formula is C15H12BrCl2NO. The third-order valence-electron chi connectivity index (χ3n) is 2.87. The Hall–Kier alpha value is -1.03. The van der Waals surface area contributed by atoms with Crippen molar-refractivity contribution in [3.63, 3.8) is 0 Å². The van der Waals surface area contributed by atoms with E-state index in [0.29, 0.717) is 15.6 Å². The van der Waals surface area contributed by atoms with Crippen LogP contribution in [0.1, 0.15) is 22.8 Å². The molecule has 0 saturated carbocycles. The van der Waals surface area contributed by atoms with Gasteiger partial charge in [0.15, 0.2) is 0 Å². The van der Waals surface area contributed by atoms with Crippen molar-refractivity contribution in [3.8, 4) is 0 Å². The highest BCUT2D eigenvalue weighted by Gasteiger charge is 2.10. The molecule has 0 aliphatic heterocycles. The van der Waals surface area contributed by atoms with Crippen molar-refractivity contribution < 1.29 is 4.79 Å². The van der Waals surface area contributed by atoms with Gasteiger partial charge in [-0.25, -0.2) is 0 Å². The number of hydrogen-bond acceptors (Lipinski definition) is 1. The molecule has 2 aromatic carbocycles. The van der Waals surface area contributed by atoms with Crippen molar-refractivity contribution >= 4 is 50.7 Å².